The molecule has 94 valence electrons. The Hall–Kier alpha value is -1.35. The number of hydrogen-bond donors (Lipinski definition) is 0. The Bertz CT molecular complexity index is 627. The molecule has 0 spiro atoms. The predicted molar refractivity (Wildman–Crippen MR) is 69.9 cm³/mol. The van der Waals surface area contributed by atoms with Gasteiger partial charge in [0.05, 0.1) is 17.5 Å². The Morgan fingerprint density at radius 1 is 1.28 bits per heavy atom. The molecule has 1 heterocycles. The van der Waals surface area contributed by atoms with E-state index in [1.807, 2.05) is 0 Å². The third-order valence-electron chi connectivity index (χ3n) is 3.48. The fourth-order valence-corrected chi connectivity index (χ4v) is 2.96. The van der Waals surface area contributed by atoms with Crippen LogP contribution < -0.4 is 4.74 Å². The molecule has 4 heteroatoms. The van der Waals surface area contributed by atoms with Crippen LogP contribution in [-0.2, 0) is 12.8 Å². The first-order valence-electron chi connectivity index (χ1n) is 6.06. The topological polar surface area (TPSA) is 22.1 Å². The van der Waals surface area contributed by atoms with Crippen LogP contribution in [0, 0.1) is 5.82 Å². The Morgan fingerprint density at radius 3 is 2.83 bits per heavy atom. The standard InChI is InChI=1S/C14H13ClFNO/c1-18-11-7-6-9(16)14-12(11)13(15)8-4-2-3-5-10(8)17-14/h6-7H,2-5H2,1H3. The van der Waals surface area contributed by atoms with Crippen molar-refractivity contribution >= 4 is 22.5 Å². The van der Waals surface area contributed by atoms with Crippen LogP contribution in [0.1, 0.15) is 24.1 Å². The molecule has 1 aliphatic carbocycles. The lowest BCUT2D eigenvalue weighted by Gasteiger charge is -2.18. The molecule has 0 N–H and O–H groups in total. The van der Waals surface area contributed by atoms with E-state index in [9.17, 15) is 4.39 Å². The monoisotopic (exact) mass is 265 g/mol. The lowest BCUT2D eigenvalue weighted by Crippen LogP contribution is -2.07. The first-order chi connectivity index (χ1) is 8.72. The molecule has 1 aliphatic rings. The van der Waals surface area contributed by atoms with Crippen LogP contribution in [-0.4, -0.2) is 12.1 Å². The van der Waals surface area contributed by atoms with Crippen molar-refractivity contribution in [2.45, 2.75) is 25.7 Å². The van der Waals surface area contributed by atoms with Gasteiger partial charge in [-0.1, -0.05) is 11.6 Å². The zero-order valence-electron chi connectivity index (χ0n) is 10.1. The molecule has 0 saturated carbocycles. The highest BCUT2D eigenvalue weighted by atomic mass is 35.5. The SMILES string of the molecule is COc1ccc(F)c2nc3c(c(Cl)c12)CCCC3. The summed E-state index contributed by atoms with van der Waals surface area (Å²) in [5.74, 6) is 0.235. The maximum absolute atomic E-state index is 13.9. The summed E-state index contributed by atoms with van der Waals surface area (Å²) in [6.07, 6.45) is 3.99. The van der Waals surface area contributed by atoms with Crippen molar-refractivity contribution in [3.63, 3.8) is 0 Å². The lowest BCUT2D eigenvalue weighted by atomic mass is 9.94. The molecule has 0 amide bonds. The summed E-state index contributed by atoms with van der Waals surface area (Å²) in [4.78, 5) is 4.45. The van der Waals surface area contributed by atoms with Crippen LogP contribution in [0.2, 0.25) is 5.02 Å². The van der Waals surface area contributed by atoms with Gasteiger partial charge in [-0.05, 0) is 43.4 Å². The van der Waals surface area contributed by atoms with E-state index < -0.39 is 0 Å². The van der Waals surface area contributed by atoms with E-state index in [0.29, 0.717) is 21.7 Å². The summed E-state index contributed by atoms with van der Waals surface area (Å²) in [7, 11) is 1.56. The van der Waals surface area contributed by atoms with Gasteiger partial charge < -0.3 is 4.74 Å². The second-order valence-corrected chi connectivity index (χ2v) is 4.91. The average Bonchev–Trinajstić information content (AvgIpc) is 2.40. The molecular formula is C14H13ClFNO. The quantitative estimate of drug-likeness (QED) is 0.780. The molecular weight excluding hydrogens is 253 g/mol. The highest BCUT2D eigenvalue weighted by Crippen LogP contribution is 2.38. The van der Waals surface area contributed by atoms with E-state index >= 15 is 0 Å². The molecule has 0 bridgehead atoms. The second kappa shape index (κ2) is 4.39. The third-order valence-corrected chi connectivity index (χ3v) is 3.90. The molecule has 2 aromatic rings. The Kier molecular flexibility index (Phi) is 2.86. The minimum atomic E-state index is -0.346. The van der Waals surface area contributed by atoms with Crippen LogP contribution in [0.3, 0.4) is 0 Å². The van der Waals surface area contributed by atoms with Gasteiger partial charge in [0, 0.05) is 5.69 Å². The van der Waals surface area contributed by atoms with Crippen LogP contribution >= 0.6 is 11.6 Å². The van der Waals surface area contributed by atoms with Gasteiger partial charge in [-0.15, -0.1) is 0 Å². The number of fused-ring (bicyclic) bond motifs is 2. The van der Waals surface area contributed by atoms with Gasteiger partial charge in [-0.2, -0.15) is 0 Å². The van der Waals surface area contributed by atoms with Crippen molar-refractivity contribution < 1.29 is 9.13 Å². The van der Waals surface area contributed by atoms with E-state index in [2.05, 4.69) is 4.98 Å². The fraction of sp³-hybridized carbons (Fsp3) is 0.357. The number of rotatable bonds is 1. The summed E-state index contributed by atoms with van der Waals surface area (Å²) in [5.41, 5.74) is 2.31. The molecule has 0 unspecified atom stereocenters. The van der Waals surface area contributed by atoms with Crippen molar-refractivity contribution in [1.82, 2.24) is 4.98 Å². The summed E-state index contributed by atoms with van der Waals surface area (Å²) < 4.78 is 19.1. The zero-order chi connectivity index (χ0) is 12.7. The number of aryl methyl sites for hydroxylation is 1. The maximum Gasteiger partial charge on any atom is 0.149 e. The molecule has 1 aromatic carbocycles. The smallest absolute Gasteiger partial charge is 0.149 e. The summed E-state index contributed by atoms with van der Waals surface area (Å²) in [6.45, 7) is 0. The van der Waals surface area contributed by atoms with Gasteiger partial charge >= 0.3 is 0 Å². The first-order valence-corrected chi connectivity index (χ1v) is 6.43. The Labute approximate surface area is 110 Å². The number of ether oxygens (including phenoxy) is 1. The largest absolute Gasteiger partial charge is 0.496 e. The number of halogens is 2. The molecule has 0 atom stereocenters. The van der Waals surface area contributed by atoms with Crippen LogP contribution in [0.15, 0.2) is 12.1 Å². The molecule has 0 saturated heterocycles. The van der Waals surface area contributed by atoms with Crippen LogP contribution in [0.5, 0.6) is 5.75 Å². The van der Waals surface area contributed by atoms with Crippen molar-refractivity contribution in [1.29, 1.82) is 0 Å². The highest BCUT2D eigenvalue weighted by molar-refractivity contribution is 6.36. The molecule has 18 heavy (non-hydrogen) atoms. The minimum absolute atomic E-state index is 0.319. The highest BCUT2D eigenvalue weighted by Gasteiger charge is 2.20. The van der Waals surface area contributed by atoms with E-state index in [-0.39, 0.29) is 5.82 Å². The van der Waals surface area contributed by atoms with Gasteiger partial charge in [-0.25, -0.2) is 9.37 Å². The van der Waals surface area contributed by atoms with E-state index in [1.54, 1.807) is 13.2 Å². The first kappa shape index (κ1) is 11.7. The molecule has 0 radical (unpaired) electrons. The van der Waals surface area contributed by atoms with Crippen LogP contribution in [0.4, 0.5) is 4.39 Å². The second-order valence-electron chi connectivity index (χ2n) is 4.53. The van der Waals surface area contributed by atoms with Crippen molar-refractivity contribution in [2.24, 2.45) is 0 Å². The summed E-state index contributed by atoms with van der Waals surface area (Å²) in [6, 6.07) is 2.97. The molecule has 0 aliphatic heterocycles. The van der Waals surface area contributed by atoms with Gasteiger partial charge in [-0.3, -0.25) is 0 Å². The van der Waals surface area contributed by atoms with Crippen LogP contribution in [0.25, 0.3) is 10.9 Å². The van der Waals surface area contributed by atoms with Gasteiger partial charge in [0.2, 0.25) is 0 Å². The predicted octanol–water partition coefficient (Wildman–Crippen LogP) is 3.91. The van der Waals surface area contributed by atoms with E-state index in [0.717, 1.165) is 36.9 Å². The van der Waals surface area contributed by atoms with E-state index in [1.165, 1.54) is 6.07 Å². The molecule has 2 nitrogen and oxygen atoms in total. The maximum atomic E-state index is 13.9. The fourth-order valence-electron chi connectivity index (χ4n) is 2.57. The van der Waals surface area contributed by atoms with Gasteiger partial charge in [0.15, 0.2) is 0 Å². The average molecular weight is 266 g/mol. The van der Waals surface area contributed by atoms with Gasteiger partial charge in [0.1, 0.15) is 17.1 Å². The minimum Gasteiger partial charge on any atom is -0.496 e. The molecule has 3 rings (SSSR count). The van der Waals surface area contributed by atoms with Gasteiger partial charge in [0.25, 0.3) is 0 Å². The number of benzene rings is 1. The number of methoxy groups -OCH3 is 1. The molecule has 1 aromatic heterocycles. The van der Waals surface area contributed by atoms with E-state index in [4.69, 9.17) is 16.3 Å². The lowest BCUT2D eigenvalue weighted by molar-refractivity contribution is 0.419. The number of aromatic nitrogens is 1. The Balaban J connectivity index is 2.41. The number of pyridine rings is 1. The van der Waals surface area contributed by atoms with Crippen molar-refractivity contribution in [2.75, 3.05) is 7.11 Å². The number of nitrogens with zero attached hydrogens (tertiary/aromatic N) is 1. The molecule has 0 fully saturated rings. The third kappa shape index (κ3) is 1.65. The summed E-state index contributed by atoms with van der Waals surface area (Å²) >= 11 is 6.43. The van der Waals surface area contributed by atoms with Crippen molar-refractivity contribution in [3.8, 4) is 5.75 Å². The Morgan fingerprint density at radius 2 is 2.06 bits per heavy atom. The summed E-state index contributed by atoms with van der Waals surface area (Å²) in [5, 5.41) is 1.20. The number of hydrogen-bond acceptors (Lipinski definition) is 2. The van der Waals surface area contributed by atoms with Crippen molar-refractivity contribution in [3.05, 3.63) is 34.2 Å². The zero-order valence-corrected chi connectivity index (χ0v) is 10.9. The normalized spacial score (nSPS) is 14.6.